The Morgan fingerprint density at radius 1 is 1.70 bits per heavy atom. The van der Waals surface area contributed by atoms with E-state index in [1.807, 2.05) is 11.8 Å². The molecule has 0 spiro atoms. The fourth-order valence-electron chi connectivity index (χ4n) is 0.513. The Balaban J connectivity index is 2.84. The topological polar surface area (TPSA) is 12.0 Å². The van der Waals surface area contributed by atoms with Crippen LogP contribution in [-0.4, -0.2) is 24.6 Å². The van der Waals surface area contributed by atoms with E-state index in [-0.39, 0.29) is 0 Å². The molecule has 0 unspecified atom stereocenters. The minimum absolute atomic E-state index is 0.682. The first kappa shape index (κ1) is 10.3. The largest absolute Gasteiger partial charge is 0.311 e. The Labute approximate surface area is 72.2 Å². The van der Waals surface area contributed by atoms with Crippen LogP contribution in [0.3, 0.4) is 0 Å². The van der Waals surface area contributed by atoms with Gasteiger partial charge in [-0.05, 0) is 5.75 Å². The monoisotopic (exact) mass is 179 g/mol. The van der Waals surface area contributed by atoms with Crippen molar-refractivity contribution in [3.63, 3.8) is 0 Å². The highest BCUT2D eigenvalue weighted by Crippen LogP contribution is 1.96. The molecule has 10 heavy (non-hydrogen) atoms. The van der Waals surface area contributed by atoms with Crippen molar-refractivity contribution < 1.29 is 0 Å². The first-order valence-corrected chi connectivity index (χ1v) is 4.92. The lowest BCUT2D eigenvalue weighted by Gasteiger charge is -2.00. The summed E-state index contributed by atoms with van der Waals surface area (Å²) < 4.78 is 0. The second-order valence-corrected chi connectivity index (χ2v) is 3.82. The second-order valence-electron chi connectivity index (χ2n) is 1.89. The Kier molecular flexibility index (Phi) is 7.70. The molecule has 1 nitrogen and oxygen atoms in total. The van der Waals surface area contributed by atoms with Gasteiger partial charge in [0.1, 0.15) is 0 Å². The Bertz CT molecular complexity index is 95.6. The Hall–Kier alpha value is 0.340. The van der Waals surface area contributed by atoms with Crippen molar-refractivity contribution in [3.05, 3.63) is 11.6 Å². The predicted octanol–water partition coefficient (Wildman–Crippen LogP) is 2.08. The maximum atomic E-state index is 5.53. The number of halogens is 1. The third-order valence-corrected chi connectivity index (χ3v) is 1.98. The molecule has 60 valence electrons. The van der Waals surface area contributed by atoms with Gasteiger partial charge >= 0.3 is 0 Å². The van der Waals surface area contributed by atoms with Gasteiger partial charge in [0.05, 0.1) is 0 Å². The van der Waals surface area contributed by atoms with E-state index in [1.54, 1.807) is 0 Å². The summed E-state index contributed by atoms with van der Waals surface area (Å²) in [7, 11) is 0. The summed E-state index contributed by atoms with van der Waals surface area (Å²) in [5, 5.41) is 3.85. The zero-order valence-corrected chi connectivity index (χ0v) is 7.89. The van der Waals surface area contributed by atoms with Crippen molar-refractivity contribution >= 4 is 23.4 Å². The van der Waals surface area contributed by atoms with Gasteiger partial charge in [-0.2, -0.15) is 11.8 Å². The van der Waals surface area contributed by atoms with Crippen molar-refractivity contribution in [1.29, 1.82) is 0 Å². The van der Waals surface area contributed by atoms with E-state index in [0.717, 1.165) is 18.8 Å². The molecule has 0 saturated carbocycles. The van der Waals surface area contributed by atoms with Crippen molar-refractivity contribution in [1.82, 2.24) is 5.32 Å². The van der Waals surface area contributed by atoms with Crippen LogP contribution in [-0.2, 0) is 0 Å². The maximum absolute atomic E-state index is 5.53. The molecule has 0 atom stereocenters. The summed E-state index contributed by atoms with van der Waals surface area (Å²) in [6.45, 7) is 7.47. The SMILES string of the molecule is C=C(Cl)CNCCSCC. The quantitative estimate of drug-likeness (QED) is 0.627. The molecule has 0 aromatic carbocycles. The molecule has 0 aliphatic heterocycles. The van der Waals surface area contributed by atoms with Crippen LogP contribution < -0.4 is 5.32 Å². The van der Waals surface area contributed by atoms with Crippen molar-refractivity contribution in [2.45, 2.75) is 6.92 Å². The number of nitrogens with one attached hydrogen (secondary N) is 1. The maximum Gasteiger partial charge on any atom is 0.0307 e. The van der Waals surface area contributed by atoms with Gasteiger partial charge < -0.3 is 5.32 Å². The highest BCUT2D eigenvalue weighted by atomic mass is 35.5. The number of hydrogen-bond donors (Lipinski definition) is 1. The second kappa shape index (κ2) is 7.45. The lowest BCUT2D eigenvalue weighted by atomic mass is 10.6. The van der Waals surface area contributed by atoms with Gasteiger partial charge in [-0.1, -0.05) is 25.1 Å². The lowest BCUT2D eigenvalue weighted by molar-refractivity contribution is 0.800. The van der Waals surface area contributed by atoms with Crippen molar-refractivity contribution in [3.8, 4) is 0 Å². The van der Waals surface area contributed by atoms with Gasteiger partial charge in [-0.25, -0.2) is 0 Å². The van der Waals surface area contributed by atoms with Crippen LogP contribution >= 0.6 is 23.4 Å². The minimum Gasteiger partial charge on any atom is -0.311 e. The van der Waals surface area contributed by atoms with Gasteiger partial charge in [0.15, 0.2) is 0 Å². The Morgan fingerprint density at radius 3 is 2.90 bits per heavy atom. The van der Waals surface area contributed by atoms with E-state index >= 15 is 0 Å². The highest BCUT2D eigenvalue weighted by molar-refractivity contribution is 7.99. The average molecular weight is 180 g/mol. The average Bonchev–Trinajstić information content (AvgIpc) is 1.87. The molecular weight excluding hydrogens is 166 g/mol. The smallest absolute Gasteiger partial charge is 0.0307 e. The normalized spacial score (nSPS) is 9.80. The molecule has 0 aliphatic carbocycles. The molecule has 0 rings (SSSR count). The molecule has 3 heteroatoms. The minimum atomic E-state index is 0.682. The van der Waals surface area contributed by atoms with Crippen molar-refractivity contribution in [2.24, 2.45) is 0 Å². The fourth-order valence-corrected chi connectivity index (χ4v) is 1.18. The molecule has 0 radical (unpaired) electrons. The summed E-state index contributed by atoms with van der Waals surface area (Å²) >= 11 is 7.45. The number of rotatable bonds is 6. The summed E-state index contributed by atoms with van der Waals surface area (Å²) in [6, 6.07) is 0. The van der Waals surface area contributed by atoms with Gasteiger partial charge in [-0.15, -0.1) is 0 Å². The standard InChI is InChI=1S/C7H14ClNS/c1-3-10-5-4-9-6-7(2)8/h9H,2-6H2,1H3. The van der Waals surface area contributed by atoms with Crippen LogP contribution in [0.25, 0.3) is 0 Å². The van der Waals surface area contributed by atoms with Gasteiger partial charge in [0.2, 0.25) is 0 Å². The summed E-state index contributed by atoms with van der Waals surface area (Å²) in [5.41, 5.74) is 0. The summed E-state index contributed by atoms with van der Waals surface area (Å²) in [6.07, 6.45) is 0. The molecule has 0 aliphatic rings. The van der Waals surface area contributed by atoms with Gasteiger partial charge in [0.25, 0.3) is 0 Å². The van der Waals surface area contributed by atoms with E-state index in [2.05, 4.69) is 18.8 Å². The molecule has 0 heterocycles. The first-order valence-electron chi connectivity index (χ1n) is 3.39. The zero-order chi connectivity index (χ0) is 7.82. The summed E-state index contributed by atoms with van der Waals surface area (Å²) in [4.78, 5) is 0. The van der Waals surface area contributed by atoms with E-state index in [0.29, 0.717) is 5.03 Å². The third kappa shape index (κ3) is 8.34. The molecule has 0 fully saturated rings. The molecule has 0 aromatic rings. The molecule has 0 aromatic heterocycles. The van der Waals surface area contributed by atoms with Crippen molar-refractivity contribution in [2.75, 3.05) is 24.6 Å². The van der Waals surface area contributed by atoms with Crippen LogP contribution in [0.4, 0.5) is 0 Å². The Morgan fingerprint density at radius 2 is 2.40 bits per heavy atom. The number of thioether (sulfide) groups is 1. The predicted molar refractivity (Wildman–Crippen MR) is 50.9 cm³/mol. The molecule has 1 N–H and O–H groups in total. The van der Waals surface area contributed by atoms with Crippen LogP contribution in [0.2, 0.25) is 0 Å². The number of hydrogen-bond acceptors (Lipinski definition) is 2. The van der Waals surface area contributed by atoms with E-state index in [9.17, 15) is 0 Å². The van der Waals surface area contributed by atoms with Gasteiger partial charge in [-0.3, -0.25) is 0 Å². The lowest BCUT2D eigenvalue weighted by Crippen LogP contribution is -2.18. The molecule has 0 bridgehead atoms. The fraction of sp³-hybridized carbons (Fsp3) is 0.714. The highest BCUT2D eigenvalue weighted by Gasteiger charge is 1.87. The van der Waals surface area contributed by atoms with E-state index in [4.69, 9.17) is 11.6 Å². The first-order chi connectivity index (χ1) is 4.77. The molecule has 0 amide bonds. The van der Waals surface area contributed by atoms with Crippen LogP contribution in [0.1, 0.15) is 6.92 Å². The summed E-state index contributed by atoms with van der Waals surface area (Å²) in [5.74, 6) is 2.34. The van der Waals surface area contributed by atoms with Crippen LogP contribution in [0, 0.1) is 0 Å². The van der Waals surface area contributed by atoms with Crippen LogP contribution in [0.15, 0.2) is 11.6 Å². The molecule has 0 saturated heterocycles. The van der Waals surface area contributed by atoms with E-state index < -0.39 is 0 Å². The third-order valence-electron chi connectivity index (χ3n) is 0.944. The van der Waals surface area contributed by atoms with Crippen LogP contribution in [0.5, 0.6) is 0 Å². The van der Waals surface area contributed by atoms with Gasteiger partial charge in [0, 0.05) is 23.9 Å². The van der Waals surface area contributed by atoms with E-state index in [1.165, 1.54) is 5.75 Å². The molecular formula is C7H14ClNS. The zero-order valence-electron chi connectivity index (χ0n) is 6.32.